The van der Waals surface area contributed by atoms with Crippen LogP contribution >= 0.6 is 0 Å². The maximum Gasteiger partial charge on any atom is 0.231 e. The molecule has 0 unspecified atom stereocenters. The molecule has 0 radical (unpaired) electrons. The number of hydrogen-bond acceptors (Lipinski definition) is 1. The molecule has 0 atom stereocenters. The summed E-state index contributed by atoms with van der Waals surface area (Å²) in [5.74, 6) is 0.763. The van der Waals surface area contributed by atoms with E-state index in [-0.39, 0.29) is 5.91 Å². The van der Waals surface area contributed by atoms with Gasteiger partial charge < -0.3 is 4.90 Å². The largest absolute Gasteiger partial charge is 0.315 e. The molecule has 0 aliphatic carbocycles. The van der Waals surface area contributed by atoms with Crippen molar-refractivity contribution in [1.29, 1.82) is 0 Å². The molecule has 2 heteroatoms. The van der Waals surface area contributed by atoms with Crippen LogP contribution in [0.5, 0.6) is 0 Å². The lowest BCUT2D eigenvalue weighted by atomic mass is 10.0. The minimum atomic E-state index is 0.109. The van der Waals surface area contributed by atoms with Gasteiger partial charge in [-0.05, 0) is 35.6 Å². The summed E-state index contributed by atoms with van der Waals surface area (Å²) in [6.07, 6.45) is 1.52. The maximum atomic E-state index is 12.3. The van der Waals surface area contributed by atoms with Crippen LogP contribution in [0, 0.1) is 5.92 Å². The zero-order valence-electron chi connectivity index (χ0n) is 13.0. The molecule has 0 N–H and O–H groups in total. The highest BCUT2D eigenvalue weighted by molar-refractivity contribution is 5.94. The van der Waals surface area contributed by atoms with Crippen LogP contribution in [0.1, 0.15) is 25.0 Å². The summed E-state index contributed by atoms with van der Waals surface area (Å²) >= 11 is 0. The first-order chi connectivity index (χ1) is 10.1. The van der Waals surface area contributed by atoms with Crippen molar-refractivity contribution >= 4 is 11.6 Å². The van der Waals surface area contributed by atoms with Crippen LogP contribution in [0.25, 0.3) is 0 Å². The van der Waals surface area contributed by atoms with Gasteiger partial charge in [-0.2, -0.15) is 0 Å². The van der Waals surface area contributed by atoms with Crippen LogP contribution in [0.3, 0.4) is 0 Å². The number of carbonyl (C=O) groups excluding carboxylic acids is 1. The topological polar surface area (TPSA) is 20.3 Å². The van der Waals surface area contributed by atoms with Crippen molar-refractivity contribution in [2.45, 2.75) is 26.7 Å². The quantitative estimate of drug-likeness (QED) is 0.808. The number of nitrogens with zero attached hydrogens (tertiary/aromatic N) is 1. The summed E-state index contributed by atoms with van der Waals surface area (Å²) in [7, 11) is 1.82. The van der Waals surface area contributed by atoms with Gasteiger partial charge in [-0.15, -0.1) is 0 Å². The summed E-state index contributed by atoms with van der Waals surface area (Å²) in [5, 5.41) is 0. The number of carbonyl (C=O) groups is 1. The number of benzene rings is 2. The van der Waals surface area contributed by atoms with E-state index in [1.165, 1.54) is 5.56 Å². The number of anilines is 1. The molecule has 2 nitrogen and oxygen atoms in total. The van der Waals surface area contributed by atoms with E-state index in [4.69, 9.17) is 0 Å². The molecule has 0 spiro atoms. The first kappa shape index (κ1) is 15.3. The Bertz CT molecular complexity index is 572. The summed E-state index contributed by atoms with van der Waals surface area (Å²) < 4.78 is 0. The summed E-state index contributed by atoms with van der Waals surface area (Å²) in [4.78, 5) is 14.0. The minimum Gasteiger partial charge on any atom is -0.315 e. The van der Waals surface area contributed by atoms with Crippen molar-refractivity contribution in [2.24, 2.45) is 5.92 Å². The van der Waals surface area contributed by atoms with Gasteiger partial charge in [0.1, 0.15) is 0 Å². The third kappa shape index (κ3) is 4.45. The van der Waals surface area contributed by atoms with Gasteiger partial charge >= 0.3 is 0 Å². The molecule has 0 saturated carbocycles. The lowest BCUT2D eigenvalue weighted by molar-refractivity contribution is -0.117. The Hall–Kier alpha value is -2.09. The number of para-hydroxylation sites is 1. The molecule has 0 saturated heterocycles. The van der Waals surface area contributed by atoms with E-state index in [0.29, 0.717) is 12.3 Å². The van der Waals surface area contributed by atoms with E-state index in [0.717, 1.165) is 17.7 Å². The number of rotatable bonds is 5. The molecular formula is C19H23NO. The van der Waals surface area contributed by atoms with Crippen molar-refractivity contribution in [3.8, 4) is 0 Å². The maximum absolute atomic E-state index is 12.3. The van der Waals surface area contributed by atoms with Crippen LogP contribution in [-0.4, -0.2) is 13.0 Å². The number of hydrogen-bond donors (Lipinski definition) is 0. The van der Waals surface area contributed by atoms with Crippen LogP contribution in [-0.2, 0) is 17.6 Å². The van der Waals surface area contributed by atoms with Crippen LogP contribution in [0.4, 0.5) is 5.69 Å². The molecule has 0 heterocycles. The Kier molecular flexibility index (Phi) is 5.15. The van der Waals surface area contributed by atoms with Gasteiger partial charge in [0.05, 0.1) is 6.42 Å². The first-order valence-corrected chi connectivity index (χ1v) is 7.45. The SMILES string of the molecule is CC(C)Cc1ccc(CC(=O)N(C)c2ccccc2)cc1. The molecule has 0 aromatic heterocycles. The van der Waals surface area contributed by atoms with Crippen LogP contribution < -0.4 is 4.90 Å². The predicted molar refractivity (Wildman–Crippen MR) is 88.5 cm³/mol. The molecular weight excluding hydrogens is 258 g/mol. The second-order valence-electron chi connectivity index (χ2n) is 5.88. The number of likely N-dealkylation sites (N-methyl/N-ethyl adjacent to an activating group) is 1. The molecule has 2 rings (SSSR count). The average molecular weight is 281 g/mol. The number of amides is 1. The van der Waals surface area contributed by atoms with Gasteiger partial charge in [0.25, 0.3) is 0 Å². The minimum absolute atomic E-state index is 0.109. The van der Waals surface area contributed by atoms with Crippen molar-refractivity contribution < 1.29 is 4.79 Å². The highest BCUT2D eigenvalue weighted by Gasteiger charge is 2.11. The highest BCUT2D eigenvalue weighted by atomic mass is 16.2. The Morgan fingerprint density at radius 3 is 2.10 bits per heavy atom. The molecule has 2 aromatic rings. The summed E-state index contributed by atoms with van der Waals surface area (Å²) in [6.45, 7) is 4.43. The fourth-order valence-corrected chi connectivity index (χ4v) is 2.35. The first-order valence-electron chi connectivity index (χ1n) is 7.45. The lowest BCUT2D eigenvalue weighted by Crippen LogP contribution is -2.27. The standard InChI is InChI=1S/C19H23NO/c1-15(2)13-16-9-11-17(12-10-16)14-19(21)20(3)18-7-5-4-6-8-18/h4-12,15H,13-14H2,1-3H3. The van der Waals surface area contributed by atoms with Crippen molar-refractivity contribution in [1.82, 2.24) is 0 Å². The highest BCUT2D eigenvalue weighted by Crippen LogP contribution is 2.14. The predicted octanol–water partition coefficient (Wildman–Crippen LogP) is 4.09. The zero-order valence-corrected chi connectivity index (χ0v) is 13.0. The molecule has 1 amide bonds. The van der Waals surface area contributed by atoms with Gasteiger partial charge in [-0.1, -0.05) is 56.3 Å². The van der Waals surface area contributed by atoms with Gasteiger partial charge in [0, 0.05) is 12.7 Å². The Morgan fingerprint density at radius 1 is 0.952 bits per heavy atom. The van der Waals surface area contributed by atoms with E-state index in [9.17, 15) is 4.79 Å². The molecule has 21 heavy (non-hydrogen) atoms. The van der Waals surface area contributed by atoms with Gasteiger partial charge in [0.2, 0.25) is 5.91 Å². The second-order valence-corrected chi connectivity index (χ2v) is 5.88. The summed E-state index contributed by atoms with van der Waals surface area (Å²) in [5.41, 5.74) is 3.33. The second kappa shape index (κ2) is 7.07. The van der Waals surface area contributed by atoms with Crippen molar-refractivity contribution in [3.05, 3.63) is 65.7 Å². The van der Waals surface area contributed by atoms with Gasteiger partial charge in [-0.3, -0.25) is 4.79 Å². The fraction of sp³-hybridized carbons (Fsp3) is 0.316. The molecule has 0 aliphatic heterocycles. The van der Waals surface area contributed by atoms with Gasteiger partial charge in [0.15, 0.2) is 0 Å². The van der Waals surface area contributed by atoms with Crippen molar-refractivity contribution in [3.63, 3.8) is 0 Å². The van der Waals surface area contributed by atoms with Crippen LogP contribution in [0.15, 0.2) is 54.6 Å². The van der Waals surface area contributed by atoms with Crippen molar-refractivity contribution in [2.75, 3.05) is 11.9 Å². The molecule has 2 aromatic carbocycles. The lowest BCUT2D eigenvalue weighted by Gasteiger charge is -2.17. The summed E-state index contributed by atoms with van der Waals surface area (Å²) in [6, 6.07) is 18.1. The van der Waals surface area contributed by atoms with E-state index < -0.39 is 0 Å². The smallest absolute Gasteiger partial charge is 0.231 e. The Labute approximate surface area is 127 Å². The third-order valence-electron chi connectivity index (χ3n) is 3.54. The van der Waals surface area contributed by atoms with E-state index in [2.05, 4.69) is 38.1 Å². The fourth-order valence-electron chi connectivity index (χ4n) is 2.35. The van der Waals surface area contributed by atoms with E-state index >= 15 is 0 Å². The normalized spacial score (nSPS) is 10.7. The van der Waals surface area contributed by atoms with E-state index in [1.807, 2.05) is 37.4 Å². The molecule has 0 aliphatic rings. The third-order valence-corrected chi connectivity index (χ3v) is 3.54. The molecule has 0 fully saturated rings. The monoisotopic (exact) mass is 281 g/mol. The molecule has 0 bridgehead atoms. The molecule has 110 valence electrons. The zero-order chi connectivity index (χ0) is 15.2. The van der Waals surface area contributed by atoms with E-state index in [1.54, 1.807) is 4.90 Å². The average Bonchev–Trinajstić information content (AvgIpc) is 2.49. The Balaban J connectivity index is 1.99. The van der Waals surface area contributed by atoms with Gasteiger partial charge in [-0.25, -0.2) is 0 Å². The Morgan fingerprint density at radius 2 is 1.52 bits per heavy atom. The van der Waals surface area contributed by atoms with Crippen LogP contribution in [0.2, 0.25) is 0 Å².